The molecule has 1 nitrogen and oxygen atoms in total. The number of rotatable bonds is 1. The summed E-state index contributed by atoms with van der Waals surface area (Å²) in [6, 6.07) is 10.8. The van der Waals surface area contributed by atoms with Gasteiger partial charge in [0, 0.05) is 12.1 Å². The Bertz CT molecular complexity index is 401. The molecule has 0 amide bonds. The zero-order valence-electron chi connectivity index (χ0n) is 8.11. The van der Waals surface area contributed by atoms with E-state index in [4.69, 9.17) is 0 Å². The van der Waals surface area contributed by atoms with Gasteiger partial charge in [-0.15, -0.1) is 0 Å². The highest BCUT2D eigenvalue weighted by molar-refractivity contribution is 5.85. The van der Waals surface area contributed by atoms with Gasteiger partial charge in [0.2, 0.25) is 0 Å². The highest BCUT2D eigenvalue weighted by Gasteiger charge is 2.27. The molecule has 0 radical (unpaired) electrons. The van der Waals surface area contributed by atoms with Crippen LogP contribution in [0.1, 0.15) is 24.3 Å². The first-order valence-electron chi connectivity index (χ1n) is 5.22. The zero-order valence-corrected chi connectivity index (χ0v) is 8.11. The van der Waals surface area contributed by atoms with Crippen LogP contribution in [-0.2, 0) is 0 Å². The van der Waals surface area contributed by atoms with Crippen molar-refractivity contribution < 1.29 is 0 Å². The third-order valence-corrected chi connectivity index (χ3v) is 3.23. The van der Waals surface area contributed by atoms with Crippen molar-refractivity contribution in [1.82, 2.24) is 0 Å². The predicted octanol–water partition coefficient (Wildman–Crippen LogP) is 2.95. The van der Waals surface area contributed by atoms with Crippen molar-refractivity contribution in [3.8, 4) is 0 Å². The predicted molar refractivity (Wildman–Crippen MR) is 58.8 cm³/mol. The van der Waals surface area contributed by atoms with Crippen molar-refractivity contribution in [2.45, 2.75) is 18.8 Å². The smallest absolute Gasteiger partial charge is 0.0606 e. The summed E-state index contributed by atoms with van der Waals surface area (Å²) in [5.41, 5.74) is 4.51. The molecule has 1 heterocycles. The van der Waals surface area contributed by atoms with E-state index in [0.717, 1.165) is 6.54 Å². The molecule has 1 aliphatic carbocycles. The van der Waals surface area contributed by atoms with E-state index in [9.17, 15) is 0 Å². The summed E-state index contributed by atoms with van der Waals surface area (Å²) in [5, 5.41) is 0. The van der Waals surface area contributed by atoms with Gasteiger partial charge in [-0.05, 0) is 29.6 Å². The van der Waals surface area contributed by atoms with Gasteiger partial charge in [0.15, 0.2) is 0 Å². The minimum absolute atomic E-state index is 0.623. The Kier molecular flexibility index (Phi) is 1.76. The van der Waals surface area contributed by atoms with Crippen LogP contribution < -0.4 is 0 Å². The van der Waals surface area contributed by atoms with E-state index < -0.39 is 0 Å². The topological polar surface area (TPSA) is 12.4 Å². The van der Waals surface area contributed by atoms with Gasteiger partial charge in [-0.25, -0.2) is 0 Å². The average Bonchev–Trinajstić information content (AvgIpc) is 2.79. The summed E-state index contributed by atoms with van der Waals surface area (Å²) in [6.07, 6.45) is 4.61. The summed E-state index contributed by atoms with van der Waals surface area (Å²) in [4.78, 5) is 4.34. The van der Waals surface area contributed by atoms with Gasteiger partial charge in [0.1, 0.15) is 0 Å². The Balaban J connectivity index is 1.98. The molecule has 1 aromatic rings. The second-order valence-electron chi connectivity index (χ2n) is 4.03. The van der Waals surface area contributed by atoms with Gasteiger partial charge in [-0.1, -0.05) is 30.3 Å². The first kappa shape index (κ1) is 7.98. The number of hydrogen-bond donors (Lipinski definition) is 0. The molecule has 0 aromatic heterocycles. The Hall–Kier alpha value is -1.37. The van der Waals surface area contributed by atoms with E-state index in [-0.39, 0.29) is 0 Å². The number of allylic oxidation sites excluding steroid dienone is 1. The summed E-state index contributed by atoms with van der Waals surface area (Å²) >= 11 is 0. The maximum Gasteiger partial charge on any atom is 0.0606 e. The van der Waals surface area contributed by atoms with Crippen LogP contribution in [0.25, 0.3) is 0 Å². The number of nitrogens with zero attached hydrogens (tertiary/aromatic N) is 1. The molecule has 2 aliphatic rings. The van der Waals surface area contributed by atoms with Crippen LogP contribution >= 0.6 is 0 Å². The van der Waals surface area contributed by atoms with Crippen molar-refractivity contribution in [2.24, 2.45) is 4.99 Å². The highest BCUT2D eigenvalue weighted by atomic mass is 14.7. The van der Waals surface area contributed by atoms with Gasteiger partial charge in [-0.3, -0.25) is 4.99 Å². The largest absolute Gasteiger partial charge is 0.288 e. The van der Waals surface area contributed by atoms with E-state index in [1.165, 1.54) is 24.0 Å². The van der Waals surface area contributed by atoms with Crippen molar-refractivity contribution in [3.63, 3.8) is 0 Å². The molecule has 0 bridgehead atoms. The van der Waals surface area contributed by atoms with E-state index in [0.29, 0.717) is 5.92 Å². The van der Waals surface area contributed by atoms with Crippen LogP contribution in [-0.4, -0.2) is 12.8 Å². The fourth-order valence-corrected chi connectivity index (χ4v) is 2.50. The molecule has 0 spiro atoms. The van der Waals surface area contributed by atoms with Gasteiger partial charge < -0.3 is 0 Å². The van der Waals surface area contributed by atoms with Gasteiger partial charge in [0.25, 0.3) is 0 Å². The summed E-state index contributed by atoms with van der Waals surface area (Å²) in [5.74, 6) is 0.623. The molecule has 0 N–H and O–H groups in total. The van der Waals surface area contributed by atoms with Crippen molar-refractivity contribution in [1.29, 1.82) is 0 Å². The lowest BCUT2D eigenvalue weighted by molar-refractivity contribution is 0.776. The third kappa shape index (κ3) is 1.12. The Morgan fingerprint density at radius 1 is 1.14 bits per heavy atom. The van der Waals surface area contributed by atoms with Crippen LogP contribution in [0.15, 0.2) is 46.5 Å². The molecule has 0 fully saturated rings. The highest BCUT2D eigenvalue weighted by Crippen LogP contribution is 2.40. The number of aliphatic imine (C=N–C) groups is 1. The minimum Gasteiger partial charge on any atom is -0.288 e. The number of benzene rings is 1. The first-order valence-corrected chi connectivity index (χ1v) is 5.22. The van der Waals surface area contributed by atoms with E-state index >= 15 is 0 Å². The maximum absolute atomic E-state index is 4.34. The zero-order chi connectivity index (χ0) is 9.38. The fraction of sp³-hybridized carbons (Fsp3) is 0.308. The number of hydrogen-bond acceptors (Lipinski definition) is 1. The normalized spacial score (nSPS) is 24.4. The van der Waals surface area contributed by atoms with E-state index in [2.05, 4.69) is 41.5 Å². The van der Waals surface area contributed by atoms with Crippen LogP contribution in [0.2, 0.25) is 0 Å². The molecule has 1 heteroatoms. The molecule has 0 saturated carbocycles. The lowest BCUT2D eigenvalue weighted by atomic mass is 9.93. The Morgan fingerprint density at radius 3 is 2.86 bits per heavy atom. The van der Waals surface area contributed by atoms with Crippen molar-refractivity contribution in [3.05, 3.63) is 47.0 Å². The average molecular weight is 183 g/mol. The minimum atomic E-state index is 0.623. The molecular formula is C13H13N. The van der Waals surface area contributed by atoms with Crippen molar-refractivity contribution >= 4 is 6.21 Å². The lowest BCUT2D eigenvalue weighted by Crippen LogP contribution is -1.97. The second kappa shape index (κ2) is 3.09. The SMILES string of the molecule is C1=NCC2=C1[C@@H](c1ccccc1)CC2. The fourth-order valence-electron chi connectivity index (χ4n) is 2.50. The quantitative estimate of drug-likeness (QED) is 0.634. The molecule has 14 heavy (non-hydrogen) atoms. The van der Waals surface area contributed by atoms with Gasteiger partial charge in [0.05, 0.1) is 6.54 Å². The lowest BCUT2D eigenvalue weighted by Gasteiger charge is -2.11. The molecule has 70 valence electrons. The molecule has 0 unspecified atom stereocenters. The van der Waals surface area contributed by atoms with Crippen molar-refractivity contribution in [2.75, 3.05) is 6.54 Å². The molecule has 1 aliphatic heterocycles. The molecule has 1 atom stereocenters. The molecular weight excluding hydrogens is 170 g/mol. The third-order valence-electron chi connectivity index (χ3n) is 3.23. The van der Waals surface area contributed by atoms with E-state index in [1.54, 1.807) is 5.57 Å². The first-order chi connectivity index (χ1) is 6.95. The van der Waals surface area contributed by atoms with E-state index in [1.807, 2.05) is 0 Å². The summed E-state index contributed by atoms with van der Waals surface area (Å²) in [6.45, 7) is 0.957. The van der Waals surface area contributed by atoms with Gasteiger partial charge in [-0.2, -0.15) is 0 Å². The van der Waals surface area contributed by atoms with Gasteiger partial charge >= 0.3 is 0 Å². The summed E-state index contributed by atoms with van der Waals surface area (Å²) in [7, 11) is 0. The van der Waals surface area contributed by atoms with Crippen LogP contribution in [0.5, 0.6) is 0 Å². The van der Waals surface area contributed by atoms with Crippen LogP contribution in [0.4, 0.5) is 0 Å². The van der Waals surface area contributed by atoms with Crippen LogP contribution in [0.3, 0.4) is 0 Å². The standard InChI is InChI=1S/C13H13N/c1-2-4-10(5-3-1)12-7-6-11-8-14-9-13(11)12/h1-5,9,12H,6-8H2/t12-/m1/s1. The monoisotopic (exact) mass is 183 g/mol. The summed E-state index contributed by atoms with van der Waals surface area (Å²) < 4.78 is 0. The molecule has 1 aromatic carbocycles. The second-order valence-corrected chi connectivity index (χ2v) is 4.03. The van der Waals surface area contributed by atoms with Crippen LogP contribution in [0, 0.1) is 0 Å². The molecule has 0 saturated heterocycles. The Labute approximate surface area is 84.2 Å². The Morgan fingerprint density at radius 2 is 2.00 bits per heavy atom. The molecule has 3 rings (SSSR count). The maximum atomic E-state index is 4.34.